The number of esters is 4. The molecule has 0 spiro atoms. The molecule has 0 saturated heterocycles. The third-order valence-corrected chi connectivity index (χ3v) is 12.0. The zero-order chi connectivity index (χ0) is 47.2. The largest absolute Gasteiger partial charge is 0.460 e. The molecule has 0 bridgehead atoms. The SMILES string of the molecule is CCCCCCCCCCCCCCCC(=O)OC(C)C(CSCCC(=O)N[C@@H](CCC(=O)OC(C)(C)C)C(=O)OC(C)(C)C)OC(=O)CCCCCCCCCCCCCCC. The smallest absolute Gasteiger partial charge is 0.329 e. The topological polar surface area (TPSA) is 134 Å². The summed E-state index contributed by atoms with van der Waals surface area (Å²) in [7, 11) is 0. The zero-order valence-electron chi connectivity index (χ0n) is 42.1. The summed E-state index contributed by atoms with van der Waals surface area (Å²) in [5.74, 6) is -1.30. The van der Waals surface area contributed by atoms with Gasteiger partial charge in [-0.1, -0.05) is 168 Å². The Labute approximate surface area is 390 Å². The van der Waals surface area contributed by atoms with Crippen LogP contribution in [0.15, 0.2) is 0 Å². The van der Waals surface area contributed by atoms with Crippen molar-refractivity contribution in [3.63, 3.8) is 0 Å². The highest BCUT2D eigenvalue weighted by molar-refractivity contribution is 7.99. The van der Waals surface area contributed by atoms with Crippen molar-refractivity contribution in [2.45, 2.75) is 291 Å². The molecular formula is C52H97NO9S. The standard InChI is InChI=1S/C52H97NO9S/c1-10-12-14-16-18-20-22-24-26-28-30-32-34-36-47(55)59-43(3)45(60-48(56)37-35-33-31-29-27-25-23-21-19-17-15-13-11-2)42-63-41-40-46(54)53-44(50(58)62-52(7,8)9)38-39-49(57)61-51(4,5)6/h43-45H,10-42H2,1-9H3,(H,53,54)/t43?,44-,45?/m0/s1. The quantitative estimate of drug-likeness (QED) is 0.0359. The molecule has 0 aromatic heterocycles. The number of carbonyl (C=O) groups is 5. The van der Waals surface area contributed by atoms with Gasteiger partial charge < -0.3 is 24.3 Å². The maximum absolute atomic E-state index is 13.1. The van der Waals surface area contributed by atoms with E-state index in [1.165, 1.54) is 140 Å². The summed E-state index contributed by atoms with van der Waals surface area (Å²) in [6.07, 6.45) is 31.3. The first-order chi connectivity index (χ1) is 30.0. The van der Waals surface area contributed by atoms with E-state index >= 15 is 0 Å². The van der Waals surface area contributed by atoms with Crippen molar-refractivity contribution < 1.29 is 42.9 Å². The van der Waals surface area contributed by atoms with Gasteiger partial charge in [-0.2, -0.15) is 11.8 Å². The van der Waals surface area contributed by atoms with Crippen LogP contribution in [-0.2, 0) is 42.9 Å². The number of ether oxygens (including phenoxy) is 4. The van der Waals surface area contributed by atoms with E-state index in [9.17, 15) is 24.0 Å². The molecule has 0 aliphatic carbocycles. The van der Waals surface area contributed by atoms with Crippen molar-refractivity contribution in [2.24, 2.45) is 0 Å². The van der Waals surface area contributed by atoms with Crippen LogP contribution >= 0.6 is 11.8 Å². The second-order valence-corrected chi connectivity index (χ2v) is 21.0. The minimum Gasteiger partial charge on any atom is -0.460 e. The van der Waals surface area contributed by atoms with Gasteiger partial charge in [0.15, 0.2) is 0 Å². The second-order valence-electron chi connectivity index (χ2n) is 19.8. The molecule has 10 nitrogen and oxygen atoms in total. The molecule has 2 unspecified atom stereocenters. The van der Waals surface area contributed by atoms with Gasteiger partial charge >= 0.3 is 23.9 Å². The van der Waals surface area contributed by atoms with E-state index < -0.39 is 41.4 Å². The Morgan fingerprint density at radius 3 is 1.25 bits per heavy atom. The molecule has 0 fully saturated rings. The number of hydrogen-bond acceptors (Lipinski definition) is 10. The summed E-state index contributed by atoms with van der Waals surface area (Å²) in [5, 5.41) is 2.75. The Kier molecular flexibility index (Phi) is 37.5. The summed E-state index contributed by atoms with van der Waals surface area (Å²) < 4.78 is 22.7. The molecule has 63 heavy (non-hydrogen) atoms. The van der Waals surface area contributed by atoms with Gasteiger partial charge in [0.05, 0.1) is 0 Å². The van der Waals surface area contributed by atoms with Crippen molar-refractivity contribution in [2.75, 3.05) is 11.5 Å². The maximum Gasteiger partial charge on any atom is 0.329 e. The number of rotatable bonds is 41. The minimum atomic E-state index is -1.01. The highest BCUT2D eigenvalue weighted by Crippen LogP contribution is 2.19. The number of thioether (sulfide) groups is 1. The highest BCUT2D eigenvalue weighted by atomic mass is 32.2. The summed E-state index contributed by atoms with van der Waals surface area (Å²) in [6, 6.07) is -1.01. The zero-order valence-corrected chi connectivity index (χ0v) is 43.0. The predicted octanol–water partition coefficient (Wildman–Crippen LogP) is 13.9. The van der Waals surface area contributed by atoms with E-state index in [1.54, 1.807) is 48.5 Å². The molecule has 3 atom stereocenters. The summed E-state index contributed by atoms with van der Waals surface area (Å²) in [6.45, 7) is 16.8. The fourth-order valence-electron chi connectivity index (χ4n) is 7.32. The predicted molar refractivity (Wildman–Crippen MR) is 261 cm³/mol. The molecule has 0 aliphatic rings. The van der Waals surface area contributed by atoms with Crippen LogP contribution in [0.3, 0.4) is 0 Å². The van der Waals surface area contributed by atoms with E-state index in [1.807, 2.05) is 0 Å². The average molecular weight is 912 g/mol. The Balaban J connectivity index is 5.01. The molecule has 0 radical (unpaired) electrons. The molecule has 0 saturated carbocycles. The number of hydrogen-bond donors (Lipinski definition) is 1. The average Bonchev–Trinajstić information content (AvgIpc) is 3.19. The van der Waals surface area contributed by atoms with E-state index in [0.717, 1.165) is 38.5 Å². The Morgan fingerprint density at radius 1 is 0.476 bits per heavy atom. The van der Waals surface area contributed by atoms with E-state index in [0.29, 0.717) is 24.3 Å². The highest BCUT2D eigenvalue weighted by Gasteiger charge is 2.29. The third kappa shape index (κ3) is 40.9. The molecule has 370 valence electrons. The van der Waals surface area contributed by atoms with Crippen LogP contribution in [-0.4, -0.2) is 70.7 Å². The maximum atomic E-state index is 13.1. The lowest BCUT2D eigenvalue weighted by Crippen LogP contribution is -2.44. The van der Waals surface area contributed by atoms with Gasteiger partial charge in [0, 0.05) is 37.2 Å². The minimum absolute atomic E-state index is 0.0438. The normalized spacial score (nSPS) is 13.2. The van der Waals surface area contributed by atoms with Gasteiger partial charge in [-0.05, 0) is 67.7 Å². The van der Waals surface area contributed by atoms with Crippen LogP contribution in [0.25, 0.3) is 0 Å². The molecule has 0 aromatic carbocycles. The van der Waals surface area contributed by atoms with E-state index in [-0.39, 0.29) is 37.1 Å². The molecule has 0 rings (SSSR count). The third-order valence-electron chi connectivity index (χ3n) is 10.9. The van der Waals surface area contributed by atoms with Gasteiger partial charge in [0.2, 0.25) is 5.91 Å². The summed E-state index contributed by atoms with van der Waals surface area (Å²) in [5.41, 5.74) is -1.44. The lowest BCUT2D eigenvalue weighted by atomic mass is 10.0. The lowest BCUT2D eigenvalue weighted by molar-refractivity contribution is -0.165. The molecule has 0 aliphatic heterocycles. The van der Waals surface area contributed by atoms with Crippen LogP contribution in [0.2, 0.25) is 0 Å². The fourth-order valence-corrected chi connectivity index (χ4v) is 8.38. The number of unbranched alkanes of at least 4 members (excludes halogenated alkanes) is 24. The van der Waals surface area contributed by atoms with Gasteiger partial charge in [-0.3, -0.25) is 19.2 Å². The number of amides is 1. The molecule has 11 heteroatoms. The summed E-state index contributed by atoms with van der Waals surface area (Å²) >= 11 is 1.42. The van der Waals surface area contributed by atoms with Crippen molar-refractivity contribution in [1.29, 1.82) is 0 Å². The second kappa shape index (κ2) is 38.9. The van der Waals surface area contributed by atoms with Gasteiger partial charge in [-0.25, -0.2) is 4.79 Å². The first kappa shape index (κ1) is 60.7. The molecule has 0 aromatic rings. The monoisotopic (exact) mass is 912 g/mol. The molecular weight excluding hydrogens is 815 g/mol. The van der Waals surface area contributed by atoms with Crippen molar-refractivity contribution in [3.05, 3.63) is 0 Å². The van der Waals surface area contributed by atoms with Crippen molar-refractivity contribution >= 4 is 41.5 Å². The fraction of sp³-hybridized carbons (Fsp3) is 0.904. The van der Waals surface area contributed by atoms with Crippen molar-refractivity contribution in [3.8, 4) is 0 Å². The van der Waals surface area contributed by atoms with Gasteiger partial charge in [0.25, 0.3) is 0 Å². The van der Waals surface area contributed by atoms with E-state index in [4.69, 9.17) is 18.9 Å². The van der Waals surface area contributed by atoms with Crippen LogP contribution < -0.4 is 5.32 Å². The Bertz CT molecular complexity index is 1180. The van der Waals surface area contributed by atoms with Crippen LogP contribution in [0.4, 0.5) is 0 Å². The van der Waals surface area contributed by atoms with E-state index in [2.05, 4.69) is 19.2 Å². The van der Waals surface area contributed by atoms with Gasteiger partial charge in [-0.15, -0.1) is 0 Å². The first-order valence-electron chi connectivity index (χ1n) is 25.7. The first-order valence-corrected chi connectivity index (χ1v) is 26.8. The molecule has 1 amide bonds. The molecule has 0 heterocycles. The molecule has 1 N–H and O–H groups in total. The Morgan fingerprint density at radius 2 is 0.857 bits per heavy atom. The van der Waals surface area contributed by atoms with Crippen LogP contribution in [0.5, 0.6) is 0 Å². The van der Waals surface area contributed by atoms with Crippen LogP contribution in [0.1, 0.15) is 261 Å². The summed E-state index contributed by atoms with van der Waals surface area (Å²) in [4.78, 5) is 64.4. The van der Waals surface area contributed by atoms with Gasteiger partial charge in [0.1, 0.15) is 29.5 Å². The lowest BCUT2D eigenvalue weighted by Gasteiger charge is -2.25. The van der Waals surface area contributed by atoms with Crippen LogP contribution in [0, 0.1) is 0 Å². The van der Waals surface area contributed by atoms with Crippen molar-refractivity contribution in [1.82, 2.24) is 5.32 Å². The Hall–Kier alpha value is -2.30. The number of nitrogens with one attached hydrogen (secondary N) is 1. The number of carbonyl (C=O) groups excluding carboxylic acids is 5.